The van der Waals surface area contributed by atoms with Gasteiger partial charge in [-0.1, -0.05) is 60.7 Å². The number of rotatable bonds is 6. The van der Waals surface area contributed by atoms with Gasteiger partial charge < -0.3 is 37.1 Å². The molecule has 1 aliphatic heterocycles. The van der Waals surface area contributed by atoms with E-state index in [4.69, 9.17) is 18.9 Å². The van der Waals surface area contributed by atoms with E-state index in [1.165, 1.54) is 0 Å². The van der Waals surface area contributed by atoms with Crippen LogP contribution in [-0.2, 0) is 37.0 Å². The summed E-state index contributed by atoms with van der Waals surface area (Å²) in [6.45, 7) is 3.15. The van der Waals surface area contributed by atoms with Crippen LogP contribution >= 0.6 is 0 Å². The van der Waals surface area contributed by atoms with Crippen molar-refractivity contribution in [2.75, 3.05) is 13.2 Å². The molecule has 1 aliphatic rings. The molecule has 0 aromatic heterocycles. The molecule has 1 saturated heterocycles. The van der Waals surface area contributed by atoms with E-state index in [0.29, 0.717) is 19.8 Å². The van der Waals surface area contributed by atoms with Crippen molar-refractivity contribution in [3.05, 3.63) is 71.8 Å². The molecule has 158 valence electrons. The van der Waals surface area contributed by atoms with Gasteiger partial charge in [-0.3, -0.25) is 0 Å². The van der Waals surface area contributed by atoms with Gasteiger partial charge in [0.05, 0.1) is 19.8 Å². The van der Waals surface area contributed by atoms with Gasteiger partial charge in [-0.25, -0.2) is 4.79 Å². The highest BCUT2D eigenvalue weighted by atomic mass is 35.5. The van der Waals surface area contributed by atoms with E-state index in [0.717, 1.165) is 11.1 Å². The molecule has 0 aliphatic carbocycles. The van der Waals surface area contributed by atoms with Gasteiger partial charge >= 0.3 is 5.97 Å². The van der Waals surface area contributed by atoms with Crippen molar-refractivity contribution in [2.24, 2.45) is 0 Å². The average molecular weight is 422 g/mol. The molecule has 3 N–H and O–H groups in total. The molecule has 0 saturated carbocycles. The van der Waals surface area contributed by atoms with Crippen LogP contribution < -0.4 is 18.1 Å². The molecule has 0 bridgehead atoms. The van der Waals surface area contributed by atoms with E-state index >= 15 is 0 Å². The van der Waals surface area contributed by atoms with Crippen LogP contribution in [0.3, 0.4) is 0 Å². The molecule has 1 fully saturated rings. The largest absolute Gasteiger partial charge is 1.00 e. The number of carbonyl (C=O) groups excluding carboxylic acids is 1. The molecule has 0 unspecified atom stereocenters. The maximum absolute atomic E-state index is 12.2. The zero-order valence-electron chi connectivity index (χ0n) is 16.5. The molecule has 29 heavy (non-hydrogen) atoms. The van der Waals surface area contributed by atoms with Crippen molar-refractivity contribution in [2.45, 2.75) is 44.5 Å². The minimum Gasteiger partial charge on any atom is -1.00 e. The Balaban J connectivity index is 0.00000300. The molecule has 0 amide bonds. The molecule has 2 aromatic carbocycles. The predicted octanol–water partition coefficient (Wildman–Crippen LogP) is -1.27. The third kappa shape index (κ3) is 7.10. The number of halogens is 1. The van der Waals surface area contributed by atoms with E-state index in [1.807, 2.05) is 67.6 Å². The Hall–Kier alpha value is -1.96. The monoisotopic (exact) mass is 421 g/mol. The molecule has 0 radical (unpaired) electrons. The maximum Gasteiger partial charge on any atom is 0.367 e. The number of cyclic esters (lactones) is 1. The van der Waals surface area contributed by atoms with Crippen LogP contribution in [0.5, 0.6) is 0 Å². The summed E-state index contributed by atoms with van der Waals surface area (Å²) in [7, 11) is 0. The van der Waals surface area contributed by atoms with Gasteiger partial charge in [0.15, 0.2) is 0 Å². The number of esters is 1. The van der Waals surface area contributed by atoms with Gasteiger partial charge in [0.2, 0.25) is 6.04 Å². The molecule has 4 atom stereocenters. The average Bonchev–Trinajstić information content (AvgIpc) is 2.76. The van der Waals surface area contributed by atoms with Crippen molar-refractivity contribution >= 4 is 5.97 Å². The first kappa shape index (κ1) is 23.3. The van der Waals surface area contributed by atoms with Crippen LogP contribution in [0, 0.1) is 0 Å². The Morgan fingerprint density at radius 2 is 1.48 bits per heavy atom. The molecule has 7 heteroatoms. The van der Waals surface area contributed by atoms with Crippen LogP contribution in [0.2, 0.25) is 0 Å². The topological polar surface area (TPSA) is 81.6 Å². The molecular formula is C22H28ClNO5. The summed E-state index contributed by atoms with van der Waals surface area (Å²) in [6.07, 6.45) is -1.32. The number of quaternary nitrogens is 1. The summed E-state index contributed by atoms with van der Waals surface area (Å²) in [5.41, 5.74) is 5.91. The maximum atomic E-state index is 12.2. The summed E-state index contributed by atoms with van der Waals surface area (Å²) in [4.78, 5) is 12.2. The van der Waals surface area contributed by atoms with Crippen molar-refractivity contribution in [1.82, 2.24) is 0 Å². The fraction of sp³-hybridized carbons (Fsp3) is 0.409. The van der Waals surface area contributed by atoms with E-state index < -0.39 is 18.2 Å². The Labute approximate surface area is 177 Å². The van der Waals surface area contributed by atoms with Gasteiger partial charge in [0.25, 0.3) is 0 Å². The lowest BCUT2D eigenvalue weighted by Crippen LogP contribution is -3.00. The third-order valence-electron chi connectivity index (χ3n) is 4.66. The Bertz CT molecular complexity index is 730. The van der Waals surface area contributed by atoms with E-state index in [2.05, 4.69) is 5.73 Å². The van der Waals surface area contributed by atoms with Gasteiger partial charge in [-0.05, 0) is 18.1 Å². The van der Waals surface area contributed by atoms with Gasteiger partial charge in [-0.15, -0.1) is 0 Å². The lowest BCUT2D eigenvalue weighted by molar-refractivity contribution is -0.415. The second kappa shape index (κ2) is 11.9. The highest BCUT2D eigenvalue weighted by molar-refractivity contribution is 5.74. The lowest BCUT2D eigenvalue weighted by Gasteiger charge is -2.30. The molecular weight excluding hydrogens is 394 g/mol. The highest BCUT2D eigenvalue weighted by Gasteiger charge is 2.35. The van der Waals surface area contributed by atoms with E-state index in [-0.39, 0.29) is 31.1 Å². The van der Waals surface area contributed by atoms with Crippen LogP contribution in [-0.4, -0.2) is 43.5 Å². The zero-order valence-corrected chi connectivity index (χ0v) is 17.3. The summed E-state index contributed by atoms with van der Waals surface area (Å²) in [6, 6.07) is 19.2. The summed E-state index contributed by atoms with van der Waals surface area (Å²) in [5.74, 6) is -0.385. The smallest absolute Gasteiger partial charge is 0.367 e. The number of benzene rings is 2. The fourth-order valence-corrected chi connectivity index (χ4v) is 3.07. The summed E-state index contributed by atoms with van der Waals surface area (Å²) >= 11 is 0. The quantitative estimate of drug-likeness (QED) is 0.588. The normalized spacial score (nSPS) is 25.1. The predicted molar refractivity (Wildman–Crippen MR) is 103 cm³/mol. The number of carbonyl (C=O) groups is 1. The van der Waals surface area contributed by atoms with Gasteiger partial charge in [0.1, 0.15) is 24.9 Å². The zero-order chi connectivity index (χ0) is 19.8. The molecule has 2 aromatic rings. The van der Waals surface area contributed by atoms with Gasteiger partial charge in [-0.2, -0.15) is 0 Å². The lowest BCUT2D eigenvalue weighted by atomic mass is 10.1. The molecule has 6 nitrogen and oxygen atoms in total. The highest BCUT2D eigenvalue weighted by Crippen LogP contribution is 2.19. The number of hydrogen-bond donors (Lipinski definition) is 1. The minimum atomic E-state index is -0.565. The van der Waals surface area contributed by atoms with Crippen LogP contribution in [0.25, 0.3) is 0 Å². The third-order valence-corrected chi connectivity index (χ3v) is 4.66. The summed E-state index contributed by atoms with van der Waals surface area (Å²) in [5, 5.41) is 0. The first-order chi connectivity index (χ1) is 13.6. The number of ether oxygens (including phenoxy) is 4. The molecule has 3 rings (SSSR count). The fourth-order valence-electron chi connectivity index (χ4n) is 3.07. The van der Waals surface area contributed by atoms with Crippen molar-refractivity contribution in [3.63, 3.8) is 0 Å². The van der Waals surface area contributed by atoms with Crippen LogP contribution in [0.4, 0.5) is 0 Å². The van der Waals surface area contributed by atoms with Crippen molar-refractivity contribution in [1.29, 1.82) is 0 Å². The van der Waals surface area contributed by atoms with Crippen molar-refractivity contribution < 1.29 is 41.9 Å². The van der Waals surface area contributed by atoms with E-state index in [1.54, 1.807) is 0 Å². The minimum absolute atomic E-state index is 0. The first-order valence-electron chi connectivity index (χ1n) is 9.56. The van der Waals surface area contributed by atoms with Gasteiger partial charge in [0, 0.05) is 0 Å². The van der Waals surface area contributed by atoms with Crippen LogP contribution in [0.15, 0.2) is 60.7 Å². The first-order valence-corrected chi connectivity index (χ1v) is 9.56. The molecule has 1 heterocycles. The molecule has 0 spiro atoms. The second-order valence-corrected chi connectivity index (χ2v) is 6.97. The second-order valence-electron chi connectivity index (χ2n) is 6.97. The Morgan fingerprint density at radius 1 is 0.931 bits per heavy atom. The standard InChI is InChI=1S/C22H27NO5.ClH/c1-16-21(27-13-18-10-6-3-7-11-18)20(15-25-14-19(23)22(24)28-16)26-12-17-8-4-2-5-9-17;/h2-11,16,19-21H,12-15,23H2,1H3;1H/t16-,19+,20+,21+;/m1./s1. The van der Waals surface area contributed by atoms with Crippen molar-refractivity contribution in [3.8, 4) is 0 Å². The SMILES string of the molecule is C[C@H]1OC(=O)[C@@H]([NH3+])COC[C@H](OCc2ccccc2)[C@H]1OCc1ccccc1.[Cl-]. The Morgan fingerprint density at radius 3 is 2.07 bits per heavy atom. The Kier molecular flexibility index (Phi) is 9.57. The van der Waals surface area contributed by atoms with Crippen LogP contribution in [0.1, 0.15) is 18.1 Å². The number of hydrogen-bond acceptors (Lipinski definition) is 5. The summed E-state index contributed by atoms with van der Waals surface area (Å²) < 4.78 is 23.6. The van der Waals surface area contributed by atoms with E-state index in [9.17, 15) is 4.79 Å².